The number of sulfonamides is 1. The average Bonchev–Trinajstić information content (AvgIpc) is 2.34. The van der Waals surface area contributed by atoms with E-state index < -0.39 is 10.0 Å². The molecule has 1 heterocycles. The summed E-state index contributed by atoms with van der Waals surface area (Å²) in [5.74, 6) is 0.0907. The SMILES string of the molecule is CCCN(C1CCNCC1)S(=O)(=O)CCOC.Cl. The molecule has 0 aromatic carbocycles. The normalized spacial score (nSPS) is 17.7. The second kappa shape index (κ2) is 9.09. The highest BCUT2D eigenvalue weighted by molar-refractivity contribution is 7.89. The molecule has 1 aliphatic rings. The van der Waals surface area contributed by atoms with Gasteiger partial charge in [-0.25, -0.2) is 8.42 Å². The molecule has 110 valence electrons. The van der Waals surface area contributed by atoms with Crippen LogP contribution >= 0.6 is 12.4 Å². The number of methoxy groups -OCH3 is 1. The third kappa shape index (κ3) is 5.40. The van der Waals surface area contributed by atoms with Crippen molar-refractivity contribution in [2.45, 2.75) is 32.2 Å². The summed E-state index contributed by atoms with van der Waals surface area (Å²) in [5, 5.41) is 3.26. The van der Waals surface area contributed by atoms with Crippen molar-refractivity contribution in [3.8, 4) is 0 Å². The van der Waals surface area contributed by atoms with E-state index in [0.717, 1.165) is 32.4 Å². The van der Waals surface area contributed by atoms with Crippen molar-refractivity contribution in [3.63, 3.8) is 0 Å². The van der Waals surface area contributed by atoms with Gasteiger partial charge in [0.25, 0.3) is 0 Å². The first-order valence-electron chi connectivity index (χ1n) is 6.31. The first-order chi connectivity index (χ1) is 8.11. The van der Waals surface area contributed by atoms with Crippen LogP contribution in [-0.4, -0.2) is 57.9 Å². The molecule has 0 spiro atoms. The van der Waals surface area contributed by atoms with Gasteiger partial charge in [0.15, 0.2) is 0 Å². The van der Waals surface area contributed by atoms with Gasteiger partial charge < -0.3 is 10.1 Å². The van der Waals surface area contributed by atoms with Crippen LogP contribution in [0.1, 0.15) is 26.2 Å². The van der Waals surface area contributed by atoms with Crippen LogP contribution in [0.2, 0.25) is 0 Å². The van der Waals surface area contributed by atoms with E-state index in [0.29, 0.717) is 6.54 Å². The monoisotopic (exact) mass is 300 g/mol. The van der Waals surface area contributed by atoms with Crippen molar-refractivity contribution in [1.82, 2.24) is 9.62 Å². The van der Waals surface area contributed by atoms with Crippen LogP contribution in [0.3, 0.4) is 0 Å². The van der Waals surface area contributed by atoms with Gasteiger partial charge in [0.1, 0.15) is 0 Å². The lowest BCUT2D eigenvalue weighted by Crippen LogP contribution is -2.47. The second-order valence-corrected chi connectivity index (χ2v) is 6.44. The minimum absolute atomic E-state index is 0. The molecule has 0 unspecified atom stereocenters. The average molecular weight is 301 g/mol. The van der Waals surface area contributed by atoms with Gasteiger partial charge in [0, 0.05) is 19.7 Å². The molecule has 0 aromatic heterocycles. The number of hydrogen-bond acceptors (Lipinski definition) is 4. The Morgan fingerprint density at radius 2 is 1.94 bits per heavy atom. The molecular formula is C11H25ClN2O3S. The first kappa shape index (κ1) is 18.1. The minimum Gasteiger partial charge on any atom is -0.384 e. The Balaban J connectivity index is 0.00000289. The van der Waals surface area contributed by atoms with Gasteiger partial charge in [-0.05, 0) is 32.4 Å². The maximum Gasteiger partial charge on any atom is 0.216 e. The molecule has 0 amide bonds. The van der Waals surface area contributed by atoms with Crippen LogP contribution in [0.25, 0.3) is 0 Å². The molecule has 18 heavy (non-hydrogen) atoms. The Morgan fingerprint density at radius 3 is 2.44 bits per heavy atom. The van der Waals surface area contributed by atoms with Crippen LogP contribution in [0.4, 0.5) is 0 Å². The van der Waals surface area contributed by atoms with E-state index in [9.17, 15) is 8.42 Å². The van der Waals surface area contributed by atoms with Crippen molar-refractivity contribution in [2.24, 2.45) is 0 Å². The Kier molecular flexibility index (Phi) is 9.15. The number of rotatable bonds is 7. The number of ether oxygens (including phenoxy) is 1. The lowest BCUT2D eigenvalue weighted by Gasteiger charge is -2.33. The maximum absolute atomic E-state index is 12.2. The third-order valence-electron chi connectivity index (χ3n) is 3.06. The molecule has 1 rings (SSSR count). The molecule has 0 atom stereocenters. The standard InChI is InChI=1S/C11H24N2O3S.ClH/c1-3-8-13(11-4-6-12-7-5-11)17(14,15)10-9-16-2;/h11-12H,3-10H2,1-2H3;1H. The summed E-state index contributed by atoms with van der Waals surface area (Å²) in [6.45, 7) is 4.72. The van der Waals surface area contributed by atoms with Crippen LogP contribution < -0.4 is 5.32 Å². The maximum atomic E-state index is 12.2. The molecule has 0 aliphatic carbocycles. The van der Waals surface area contributed by atoms with Gasteiger partial charge in [-0.3, -0.25) is 0 Å². The Hall–Kier alpha value is 0.120. The van der Waals surface area contributed by atoms with Crippen LogP contribution in [0.15, 0.2) is 0 Å². The Bertz CT molecular complexity index is 305. The topological polar surface area (TPSA) is 58.6 Å². The smallest absolute Gasteiger partial charge is 0.216 e. The van der Waals surface area contributed by atoms with Crippen molar-refractivity contribution in [2.75, 3.05) is 39.1 Å². The summed E-state index contributed by atoms with van der Waals surface area (Å²) in [4.78, 5) is 0. The minimum atomic E-state index is -3.17. The number of nitrogens with one attached hydrogen (secondary N) is 1. The van der Waals surface area contributed by atoms with E-state index in [4.69, 9.17) is 4.74 Å². The molecule has 7 heteroatoms. The van der Waals surface area contributed by atoms with Gasteiger partial charge in [-0.2, -0.15) is 4.31 Å². The van der Waals surface area contributed by atoms with E-state index >= 15 is 0 Å². The summed E-state index contributed by atoms with van der Waals surface area (Å²) < 4.78 is 31.0. The number of halogens is 1. The van der Waals surface area contributed by atoms with E-state index in [2.05, 4.69) is 5.32 Å². The van der Waals surface area contributed by atoms with Crippen LogP contribution in [-0.2, 0) is 14.8 Å². The summed E-state index contributed by atoms with van der Waals surface area (Å²) in [6.07, 6.45) is 2.68. The predicted octanol–water partition coefficient (Wildman–Crippen LogP) is 0.848. The summed E-state index contributed by atoms with van der Waals surface area (Å²) >= 11 is 0. The van der Waals surface area contributed by atoms with Gasteiger partial charge in [0.2, 0.25) is 10.0 Å². The predicted molar refractivity (Wildman–Crippen MR) is 75.8 cm³/mol. The van der Waals surface area contributed by atoms with Crippen molar-refractivity contribution in [1.29, 1.82) is 0 Å². The molecule has 0 radical (unpaired) electrons. The highest BCUT2D eigenvalue weighted by Gasteiger charge is 2.29. The lowest BCUT2D eigenvalue weighted by molar-refractivity contribution is 0.211. The number of piperidine rings is 1. The third-order valence-corrected chi connectivity index (χ3v) is 4.94. The zero-order chi connectivity index (χ0) is 12.7. The van der Waals surface area contributed by atoms with Gasteiger partial charge in [-0.1, -0.05) is 6.92 Å². The molecule has 0 bridgehead atoms. The van der Waals surface area contributed by atoms with E-state index in [-0.39, 0.29) is 30.8 Å². The van der Waals surface area contributed by atoms with Crippen LogP contribution in [0.5, 0.6) is 0 Å². The number of hydrogen-bond donors (Lipinski definition) is 1. The van der Waals surface area contributed by atoms with Gasteiger partial charge >= 0.3 is 0 Å². The molecule has 1 fully saturated rings. The fraction of sp³-hybridized carbons (Fsp3) is 1.00. The van der Waals surface area contributed by atoms with Crippen molar-refractivity contribution >= 4 is 22.4 Å². The van der Waals surface area contributed by atoms with Crippen LogP contribution in [0, 0.1) is 0 Å². The quantitative estimate of drug-likeness (QED) is 0.757. The summed E-state index contributed by atoms with van der Waals surface area (Å²) in [5.41, 5.74) is 0. The van der Waals surface area contributed by atoms with E-state index in [1.165, 1.54) is 7.11 Å². The van der Waals surface area contributed by atoms with Crippen molar-refractivity contribution < 1.29 is 13.2 Å². The summed E-state index contributed by atoms with van der Waals surface area (Å²) in [7, 11) is -1.63. The van der Waals surface area contributed by atoms with E-state index in [1.807, 2.05) is 6.92 Å². The molecule has 1 aliphatic heterocycles. The largest absolute Gasteiger partial charge is 0.384 e. The molecule has 5 nitrogen and oxygen atoms in total. The Morgan fingerprint density at radius 1 is 1.33 bits per heavy atom. The lowest BCUT2D eigenvalue weighted by atomic mass is 10.1. The first-order valence-corrected chi connectivity index (χ1v) is 7.92. The van der Waals surface area contributed by atoms with Gasteiger partial charge in [0.05, 0.1) is 12.4 Å². The molecule has 0 saturated carbocycles. The molecule has 1 N–H and O–H groups in total. The molecular weight excluding hydrogens is 276 g/mol. The molecule has 0 aromatic rings. The zero-order valence-corrected chi connectivity index (χ0v) is 12.9. The van der Waals surface area contributed by atoms with Crippen molar-refractivity contribution in [3.05, 3.63) is 0 Å². The fourth-order valence-electron chi connectivity index (χ4n) is 2.17. The zero-order valence-electron chi connectivity index (χ0n) is 11.2. The second-order valence-electron chi connectivity index (χ2n) is 4.40. The fourth-order valence-corrected chi connectivity index (χ4v) is 3.91. The van der Waals surface area contributed by atoms with E-state index in [1.54, 1.807) is 4.31 Å². The summed E-state index contributed by atoms with van der Waals surface area (Å²) in [6, 6.07) is 0.165. The highest BCUT2D eigenvalue weighted by Crippen LogP contribution is 2.17. The highest BCUT2D eigenvalue weighted by atomic mass is 35.5. The molecule has 1 saturated heterocycles. The van der Waals surface area contributed by atoms with Gasteiger partial charge in [-0.15, -0.1) is 12.4 Å². The number of nitrogens with zero attached hydrogens (tertiary/aromatic N) is 1. The Labute approximate surface area is 117 Å².